The second kappa shape index (κ2) is 5.09. The Morgan fingerprint density at radius 2 is 1.62 bits per heavy atom. The van der Waals surface area contributed by atoms with Crippen molar-refractivity contribution in [1.29, 1.82) is 0 Å². The first-order valence-electron chi connectivity index (χ1n) is 6.89. The third-order valence-corrected chi connectivity index (χ3v) is 3.82. The maximum absolute atomic E-state index is 12.3. The summed E-state index contributed by atoms with van der Waals surface area (Å²) in [6.45, 7) is 4.11. The zero-order valence-electron chi connectivity index (χ0n) is 12.4. The Morgan fingerprint density at radius 1 is 0.905 bits per heavy atom. The van der Waals surface area contributed by atoms with Crippen LogP contribution in [-0.2, 0) is 0 Å². The fourth-order valence-electron chi connectivity index (χ4n) is 2.82. The zero-order chi connectivity index (χ0) is 15.0. The van der Waals surface area contributed by atoms with Crippen molar-refractivity contribution in [3.05, 3.63) is 70.0 Å². The van der Waals surface area contributed by atoms with E-state index in [4.69, 9.17) is 4.84 Å². The fourth-order valence-corrected chi connectivity index (χ4v) is 2.82. The Balaban J connectivity index is 2.50. The molecule has 0 fully saturated rings. The van der Waals surface area contributed by atoms with E-state index in [2.05, 4.69) is 26.0 Å². The molecule has 0 radical (unpaired) electrons. The first-order valence-corrected chi connectivity index (χ1v) is 6.89. The van der Waals surface area contributed by atoms with E-state index >= 15 is 0 Å². The fraction of sp³-hybridized carbons (Fsp3) is 0.167. The van der Waals surface area contributed by atoms with Crippen LogP contribution in [0.4, 0.5) is 0 Å². The Hall–Kier alpha value is -2.55. The summed E-state index contributed by atoms with van der Waals surface area (Å²) in [5, 5.41) is 1.05. The van der Waals surface area contributed by atoms with E-state index in [1.54, 1.807) is 6.07 Å². The van der Waals surface area contributed by atoms with Gasteiger partial charge in [0, 0.05) is 11.5 Å². The van der Waals surface area contributed by atoms with Gasteiger partial charge >= 0.3 is 0 Å². The van der Waals surface area contributed by atoms with E-state index in [0.717, 1.165) is 33.2 Å². The number of pyridine rings is 1. The number of hydrogen-bond acceptors (Lipinski definition) is 2. The van der Waals surface area contributed by atoms with Gasteiger partial charge in [0.05, 0.1) is 5.52 Å². The Kier molecular flexibility index (Phi) is 3.26. The molecule has 0 atom stereocenters. The average Bonchev–Trinajstić information content (AvgIpc) is 2.47. The molecule has 3 nitrogen and oxygen atoms in total. The van der Waals surface area contributed by atoms with Gasteiger partial charge in [0.25, 0.3) is 5.56 Å². The van der Waals surface area contributed by atoms with Crippen LogP contribution in [0.2, 0.25) is 0 Å². The molecule has 0 saturated carbocycles. The molecule has 21 heavy (non-hydrogen) atoms. The van der Waals surface area contributed by atoms with Gasteiger partial charge in [0.2, 0.25) is 0 Å². The number of aryl methyl sites for hydroxylation is 2. The molecular weight excluding hydrogens is 262 g/mol. The smallest absolute Gasteiger partial charge is 0.284 e. The van der Waals surface area contributed by atoms with Gasteiger partial charge in [-0.25, -0.2) is 0 Å². The highest BCUT2D eigenvalue weighted by atomic mass is 16.6. The Labute approximate surface area is 123 Å². The van der Waals surface area contributed by atoms with Gasteiger partial charge in [-0.1, -0.05) is 36.4 Å². The molecule has 3 aromatic rings. The van der Waals surface area contributed by atoms with Crippen LogP contribution in [-0.4, -0.2) is 11.8 Å². The van der Waals surface area contributed by atoms with Gasteiger partial charge < -0.3 is 4.84 Å². The normalized spacial score (nSPS) is 10.8. The van der Waals surface area contributed by atoms with Crippen LogP contribution in [0.1, 0.15) is 11.1 Å². The summed E-state index contributed by atoms with van der Waals surface area (Å²) in [6, 6.07) is 15.7. The highest BCUT2D eigenvalue weighted by Gasteiger charge is 2.13. The standard InChI is InChI=1S/C18H17NO2/c1-12-7-4-5-9-14(12)15-11-17(20)19(21-3)16-10-6-8-13(2)18(15)16/h4-11H,1-3H3. The number of nitrogens with zero attached hydrogens (tertiary/aromatic N) is 1. The lowest BCUT2D eigenvalue weighted by Gasteiger charge is -2.15. The minimum Gasteiger partial charge on any atom is -0.413 e. The Bertz CT molecular complexity index is 878. The van der Waals surface area contributed by atoms with E-state index in [9.17, 15) is 4.79 Å². The molecule has 0 bridgehead atoms. The van der Waals surface area contributed by atoms with Gasteiger partial charge in [-0.05, 0) is 42.2 Å². The van der Waals surface area contributed by atoms with Crippen LogP contribution >= 0.6 is 0 Å². The summed E-state index contributed by atoms with van der Waals surface area (Å²) >= 11 is 0. The zero-order valence-corrected chi connectivity index (χ0v) is 12.4. The van der Waals surface area contributed by atoms with E-state index < -0.39 is 0 Å². The SMILES string of the molecule is COn1c(=O)cc(-c2ccccc2C)c2c(C)cccc21. The van der Waals surface area contributed by atoms with Crippen LogP contribution in [0.5, 0.6) is 0 Å². The quantitative estimate of drug-likeness (QED) is 0.720. The van der Waals surface area contributed by atoms with Crippen molar-refractivity contribution in [2.45, 2.75) is 13.8 Å². The Morgan fingerprint density at radius 3 is 2.33 bits per heavy atom. The monoisotopic (exact) mass is 279 g/mol. The summed E-state index contributed by atoms with van der Waals surface area (Å²) in [4.78, 5) is 17.6. The van der Waals surface area contributed by atoms with Gasteiger partial charge in [0.1, 0.15) is 7.11 Å². The second-order valence-corrected chi connectivity index (χ2v) is 5.16. The number of rotatable bonds is 2. The third-order valence-electron chi connectivity index (χ3n) is 3.82. The minimum atomic E-state index is -0.158. The molecule has 0 unspecified atom stereocenters. The van der Waals surface area contributed by atoms with Crippen molar-refractivity contribution >= 4 is 10.9 Å². The lowest BCUT2D eigenvalue weighted by atomic mass is 9.95. The molecule has 3 rings (SSSR count). The van der Waals surface area contributed by atoms with E-state index in [1.807, 2.05) is 30.3 Å². The summed E-state index contributed by atoms with van der Waals surface area (Å²) in [5.74, 6) is 0. The lowest BCUT2D eigenvalue weighted by molar-refractivity contribution is 0.169. The molecule has 3 heteroatoms. The van der Waals surface area contributed by atoms with E-state index in [-0.39, 0.29) is 5.56 Å². The van der Waals surface area contributed by atoms with E-state index in [0.29, 0.717) is 0 Å². The average molecular weight is 279 g/mol. The number of aromatic nitrogens is 1. The van der Waals surface area contributed by atoms with E-state index in [1.165, 1.54) is 11.8 Å². The molecule has 0 spiro atoms. The predicted octanol–water partition coefficient (Wildman–Crippen LogP) is 3.34. The third kappa shape index (κ3) is 2.11. The molecule has 0 aliphatic heterocycles. The molecule has 106 valence electrons. The molecule has 1 aromatic heterocycles. The first-order chi connectivity index (χ1) is 10.1. The second-order valence-electron chi connectivity index (χ2n) is 5.16. The van der Waals surface area contributed by atoms with Crippen LogP contribution in [0, 0.1) is 13.8 Å². The summed E-state index contributed by atoms with van der Waals surface area (Å²) in [7, 11) is 1.51. The van der Waals surface area contributed by atoms with Crippen molar-refractivity contribution in [2.75, 3.05) is 7.11 Å². The van der Waals surface area contributed by atoms with Crippen LogP contribution in [0.15, 0.2) is 53.3 Å². The molecule has 0 saturated heterocycles. The maximum atomic E-state index is 12.3. The van der Waals surface area contributed by atoms with Crippen molar-refractivity contribution < 1.29 is 4.84 Å². The molecular formula is C18H17NO2. The van der Waals surface area contributed by atoms with Crippen molar-refractivity contribution in [1.82, 2.24) is 4.73 Å². The van der Waals surface area contributed by atoms with Gasteiger partial charge in [-0.15, -0.1) is 4.73 Å². The predicted molar refractivity (Wildman–Crippen MR) is 85.6 cm³/mol. The topological polar surface area (TPSA) is 31.2 Å². The number of fused-ring (bicyclic) bond motifs is 1. The van der Waals surface area contributed by atoms with Crippen molar-refractivity contribution in [2.24, 2.45) is 0 Å². The molecule has 0 aliphatic carbocycles. The van der Waals surface area contributed by atoms with Gasteiger partial charge in [-0.2, -0.15) is 0 Å². The minimum absolute atomic E-state index is 0.158. The number of hydrogen-bond donors (Lipinski definition) is 0. The molecule has 0 N–H and O–H groups in total. The molecule has 1 heterocycles. The molecule has 0 aliphatic rings. The van der Waals surface area contributed by atoms with Crippen LogP contribution in [0.25, 0.3) is 22.0 Å². The summed E-state index contributed by atoms with van der Waals surface area (Å²) < 4.78 is 1.34. The highest BCUT2D eigenvalue weighted by Crippen LogP contribution is 2.31. The van der Waals surface area contributed by atoms with Crippen LogP contribution < -0.4 is 10.4 Å². The maximum Gasteiger partial charge on any atom is 0.284 e. The highest BCUT2D eigenvalue weighted by molar-refractivity contribution is 5.97. The first kappa shape index (κ1) is 13.4. The largest absolute Gasteiger partial charge is 0.413 e. The van der Waals surface area contributed by atoms with Crippen molar-refractivity contribution in [3.8, 4) is 11.1 Å². The summed E-state index contributed by atoms with van der Waals surface area (Å²) in [5.41, 5.74) is 4.95. The van der Waals surface area contributed by atoms with Gasteiger partial charge in [-0.3, -0.25) is 4.79 Å². The van der Waals surface area contributed by atoms with Crippen LogP contribution in [0.3, 0.4) is 0 Å². The lowest BCUT2D eigenvalue weighted by Crippen LogP contribution is -2.25. The summed E-state index contributed by atoms with van der Waals surface area (Å²) in [6.07, 6.45) is 0. The van der Waals surface area contributed by atoms with Gasteiger partial charge in [0.15, 0.2) is 0 Å². The number of benzene rings is 2. The van der Waals surface area contributed by atoms with Crippen molar-refractivity contribution in [3.63, 3.8) is 0 Å². The molecule has 0 amide bonds. The molecule has 2 aromatic carbocycles.